The fraction of sp³-hybridized carbons (Fsp3) is 0.440. The Hall–Kier alpha value is -2.04. The van der Waals surface area contributed by atoms with Crippen LogP contribution in [0.4, 0.5) is 0 Å². The zero-order valence-electron chi connectivity index (χ0n) is 19.0. The van der Waals surface area contributed by atoms with E-state index in [9.17, 15) is 9.59 Å². The standard InChI is InChI=1S/C25H32Cl2N2O2/c1-6-28-24(31)17(2)29(16-19-9-13-21(26)22(27)15-19)23(30)14-10-18-7-11-20(12-8-18)25(3,4)5/h7-9,11-13,15,17H,6,10,14,16H2,1-5H3,(H,28,31)/t17-/m0/s1. The van der Waals surface area contributed by atoms with Crippen molar-refractivity contribution in [2.45, 2.75) is 65.5 Å². The second-order valence-corrected chi connectivity index (χ2v) is 9.60. The lowest BCUT2D eigenvalue weighted by Gasteiger charge is -2.29. The predicted molar refractivity (Wildman–Crippen MR) is 129 cm³/mol. The summed E-state index contributed by atoms with van der Waals surface area (Å²) in [6.45, 7) is 10.9. The Bertz CT molecular complexity index is 905. The van der Waals surface area contributed by atoms with Crippen LogP contribution in [0.1, 0.15) is 57.7 Å². The first-order valence-electron chi connectivity index (χ1n) is 10.6. The van der Waals surface area contributed by atoms with Gasteiger partial charge in [0.05, 0.1) is 10.0 Å². The van der Waals surface area contributed by atoms with Crippen molar-refractivity contribution in [3.63, 3.8) is 0 Å². The molecule has 0 aliphatic heterocycles. The Morgan fingerprint density at radius 1 is 1.00 bits per heavy atom. The molecule has 0 spiro atoms. The number of nitrogens with zero attached hydrogens (tertiary/aromatic N) is 1. The van der Waals surface area contributed by atoms with Crippen LogP contribution >= 0.6 is 23.2 Å². The highest BCUT2D eigenvalue weighted by atomic mass is 35.5. The fourth-order valence-electron chi connectivity index (χ4n) is 3.31. The van der Waals surface area contributed by atoms with E-state index in [1.54, 1.807) is 24.0 Å². The molecule has 0 unspecified atom stereocenters. The smallest absolute Gasteiger partial charge is 0.242 e. The van der Waals surface area contributed by atoms with Crippen molar-refractivity contribution in [1.29, 1.82) is 0 Å². The summed E-state index contributed by atoms with van der Waals surface area (Å²) >= 11 is 12.2. The van der Waals surface area contributed by atoms with Gasteiger partial charge in [-0.2, -0.15) is 0 Å². The molecule has 2 aromatic carbocycles. The lowest BCUT2D eigenvalue weighted by atomic mass is 9.86. The maximum Gasteiger partial charge on any atom is 0.242 e. The Kier molecular flexibility index (Phi) is 8.96. The van der Waals surface area contributed by atoms with E-state index >= 15 is 0 Å². The third-order valence-corrected chi connectivity index (χ3v) is 6.04. The first kappa shape index (κ1) is 25.2. The molecule has 6 heteroatoms. The molecular formula is C25H32Cl2N2O2. The van der Waals surface area contributed by atoms with Gasteiger partial charge in [-0.05, 0) is 54.5 Å². The van der Waals surface area contributed by atoms with Gasteiger partial charge in [-0.3, -0.25) is 9.59 Å². The maximum absolute atomic E-state index is 13.1. The lowest BCUT2D eigenvalue weighted by molar-refractivity contribution is -0.140. The molecule has 2 rings (SSSR count). The number of rotatable bonds is 8. The fourth-order valence-corrected chi connectivity index (χ4v) is 3.63. The predicted octanol–water partition coefficient (Wildman–Crippen LogP) is 5.78. The van der Waals surface area contributed by atoms with Crippen LogP contribution in [0.3, 0.4) is 0 Å². The van der Waals surface area contributed by atoms with Crippen LogP contribution in [-0.4, -0.2) is 29.3 Å². The van der Waals surface area contributed by atoms with Gasteiger partial charge < -0.3 is 10.2 Å². The largest absolute Gasteiger partial charge is 0.355 e. The number of hydrogen-bond donors (Lipinski definition) is 1. The Balaban J connectivity index is 2.15. The van der Waals surface area contributed by atoms with Crippen LogP contribution in [0.15, 0.2) is 42.5 Å². The minimum atomic E-state index is -0.592. The van der Waals surface area contributed by atoms with E-state index in [2.05, 4.69) is 50.4 Å². The summed E-state index contributed by atoms with van der Waals surface area (Å²) in [5.74, 6) is -0.254. The summed E-state index contributed by atoms with van der Waals surface area (Å²) in [6, 6.07) is 13.0. The molecule has 0 aliphatic carbocycles. The number of amides is 2. The molecule has 168 valence electrons. The van der Waals surface area contributed by atoms with E-state index in [4.69, 9.17) is 23.2 Å². The average Bonchev–Trinajstić information content (AvgIpc) is 2.72. The van der Waals surface area contributed by atoms with Crippen LogP contribution in [0, 0.1) is 0 Å². The molecule has 0 aliphatic rings. The SMILES string of the molecule is CCNC(=O)[C@H](C)N(Cc1ccc(Cl)c(Cl)c1)C(=O)CCc1ccc(C(C)(C)C)cc1. The maximum atomic E-state index is 13.1. The van der Waals surface area contributed by atoms with Gasteiger partial charge in [-0.15, -0.1) is 0 Å². The van der Waals surface area contributed by atoms with E-state index in [0.717, 1.165) is 11.1 Å². The molecule has 0 aromatic heterocycles. The summed E-state index contributed by atoms with van der Waals surface area (Å²) in [4.78, 5) is 27.2. The zero-order chi connectivity index (χ0) is 23.2. The average molecular weight is 463 g/mol. The summed E-state index contributed by atoms with van der Waals surface area (Å²) in [7, 11) is 0. The minimum Gasteiger partial charge on any atom is -0.355 e. The summed E-state index contributed by atoms with van der Waals surface area (Å²) < 4.78 is 0. The van der Waals surface area contributed by atoms with E-state index in [0.29, 0.717) is 29.4 Å². The van der Waals surface area contributed by atoms with Crippen molar-refractivity contribution in [2.24, 2.45) is 0 Å². The number of benzene rings is 2. The number of likely N-dealkylation sites (N-methyl/N-ethyl adjacent to an activating group) is 1. The Morgan fingerprint density at radius 2 is 1.61 bits per heavy atom. The van der Waals surface area contributed by atoms with Crippen LogP contribution in [0.5, 0.6) is 0 Å². The van der Waals surface area contributed by atoms with E-state index in [1.807, 2.05) is 13.0 Å². The first-order chi connectivity index (χ1) is 14.5. The highest BCUT2D eigenvalue weighted by molar-refractivity contribution is 6.42. The summed E-state index contributed by atoms with van der Waals surface area (Å²) in [6.07, 6.45) is 0.934. The molecule has 1 atom stereocenters. The highest BCUT2D eigenvalue weighted by Crippen LogP contribution is 2.25. The molecule has 0 fully saturated rings. The van der Waals surface area contributed by atoms with Gasteiger partial charge in [0.1, 0.15) is 6.04 Å². The van der Waals surface area contributed by atoms with E-state index < -0.39 is 6.04 Å². The molecular weight excluding hydrogens is 431 g/mol. The molecule has 2 aromatic rings. The second kappa shape index (κ2) is 11.0. The van der Waals surface area contributed by atoms with Crippen molar-refractivity contribution in [2.75, 3.05) is 6.54 Å². The van der Waals surface area contributed by atoms with Crippen LogP contribution in [0.25, 0.3) is 0 Å². The molecule has 0 saturated heterocycles. The third-order valence-electron chi connectivity index (χ3n) is 5.30. The van der Waals surface area contributed by atoms with Crippen LogP contribution < -0.4 is 5.32 Å². The molecule has 0 radical (unpaired) electrons. The first-order valence-corrected chi connectivity index (χ1v) is 11.4. The summed E-state index contributed by atoms with van der Waals surface area (Å²) in [5, 5.41) is 3.69. The lowest BCUT2D eigenvalue weighted by Crippen LogP contribution is -2.47. The van der Waals surface area contributed by atoms with Gasteiger partial charge in [0.25, 0.3) is 0 Å². The van der Waals surface area contributed by atoms with Gasteiger partial charge >= 0.3 is 0 Å². The quantitative estimate of drug-likeness (QED) is 0.540. The van der Waals surface area contributed by atoms with Gasteiger partial charge in [0.2, 0.25) is 11.8 Å². The van der Waals surface area contributed by atoms with Crippen LogP contribution in [0.2, 0.25) is 10.0 Å². The third kappa shape index (κ3) is 7.26. The molecule has 1 N–H and O–H groups in total. The normalized spacial score (nSPS) is 12.4. The van der Waals surface area contributed by atoms with Crippen molar-refractivity contribution >= 4 is 35.0 Å². The van der Waals surface area contributed by atoms with E-state index in [-0.39, 0.29) is 23.8 Å². The van der Waals surface area contributed by atoms with Crippen molar-refractivity contribution in [3.8, 4) is 0 Å². The van der Waals surface area contributed by atoms with Gasteiger partial charge in [-0.1, -0.05) is 74.3 Å². The number of nitrogens with one attached hydrogen (secondary N) is 1. The zero-order valence-corrected chi connectivity index (χ0v) is 20.5. The molecule has 0 bridgehead atoms. The van der Waals surface area contributed by atoms with Gasteiger partial charge in [-0.25, -0.2) is 0 Å². The number of carbonyl (C=O) groups is 2. The molecule has 0 saturated carbocycles. The van der Waals surface area contributed by atoms with Crippen LogP contribution in [-0.2, 0) is 28.0 Å². The second-order valence-electron chi connectivity index (χ2n) is 8.79. The number of hydrogen-bond acceptors (Lipinski definition) is 2. The molecule has 4 nitrogen and oxygen atoms in total. The Labute approximate surface area is 195 Å². The van der Waals surface area contributed by atoms with Gasteiger partial charge in [0, 0.05) is 19.5 Å². The monoisotopic (exact) mass is 462 g/mol. The topological polar surface area (TPSA) is 49.4 Å². The van der Waals surface area contributed by atoms with Crippen molar-refractivity contribution in [3.05, 3.63) is 69.2 Å². The van der Waals surface area contributed by atoms with Crippen molar-refractivity contribution in [1.82, 2.24) is 10.2 Å². The molecule has 31 heavy (non-hydrogen) atoms. The number of carbonyl (C=O) groups excluding carboxylic acids is 2. The highest BCUT2D eigenvalue weighted by Gasteiger charge is 2.25. The van der Waals surface area contributed by atoms with Crippen molar-refractivity contribution < 1.29 is 9.59 Å². The number of aryl methyl sites for hydroxylation is 1. The molecule has 0 heterocycles. The Morgan fingerprint density at radius 3 is 2.16 bits per heavy atom. The minimum absolute atomic E-state index is 0.0790. The molecule has 2 amide bonds. The summed E-state index contributed by atoms with van der Waals surface area (Å²) in [5.41, 5.74) is 3.27. The number of halogens is 2. The van der Waals surface area contributed by atoms with E-state index in [1.165, 1.54) is 5.56 Å². The van der Waals surface area contributed by atoms with Gasteiger partial charge in [0.15, 0.2) is 0 Å².